The molecule has 0 fully saturated rings. The molecule has 2 nitrogen and oxygen atoms in total. The Balaban J connectivity index is 3.04. The highest BCUT2D eigenvalue weighted by Crippen LogP contribution is 1.92. The average molecular weight is 95.1 g/mol. The van der Waals surface area contributed by atoms with Crippen molar-refractivity contribution >= 4 is 0 Å². The normalized spacial score (nSPS) is 9.43. The maximum Gasteiger partial charge on any atom is 0.0628 e. The van der Waals surface area contributed by atoms with Gasteiger partial charge in [0.15, 0.2) is 0 Å². The topological polar surface area (TPSA) is 28.7 Å². The summed E-state index contributed by atoms with van der Waals surface area (Å²) >= 11 is 0. The lowest BCUT2D eigenvalue weighted by molar-refractivity contribution is 1.03. The predicted molar refractivity (Wildman–Crippen MR) is 27.8 cm³/mol. The highest BCUT2D eigenvalue weighted by molar-refractivity contribution is 5.08. The summed E-state index contributed by atoms with van der Waals surface area (Å²) in [5, 5.41) is 6.54. The van der Waals surface area contributed by atoms with Crippen LogP contribution >= 0.6 is 0 Å². The maximum atomic E-state index is 3.78. The average Bonchev–Trinajstić information content (AvgIpc) is 1.87. The lowest BCUT2D eigenvalue weighted by atomic mass is 10.4. The zero-order valence-electron chi connectivity index (χ0n) is 4.23. The second-order valence-electron chi connectivity index (χ2n) is 1.54. The number of rotatable bonds is 0. The fourth-order valence-corrected chi connectivity index (χ4v) is 0.474. The van der Waals surface area contributed by atoms with Gasteiger partial charge in [-0.2, -0.15) is 5.10 Å². The number of H-pyrrole nitrogens is 1. The molecule has 1 aromatic heterocycles. The van der Waals surface area contributed by atoms with Crippen molar-refractivity contribution in [3.8, 4) is 0 Å². The van der Waals surface area contributed by atoms with E-state index in [2.05, 4.69) is 17.1 Å². The molecule has 1 N–H and O–H groups in total. The van der Waals surface area contributed by atoms with E-state index in [9.17, 15) is 0 Å². The van der Waals surface area contributed by atoms with Gasteiger partial charge in [0.2, 0.25) is 0 Å². The predicted octanol–water partition coefficient (Wildman–Crippen LogP) is 0.900. The smallest absolute Gasteiger partial charge is 0.0628 e. The van der Waals surface area contributed by atoms with Crippen molar-refractivity contribution in [2.75, 3.05) is 0 Å². The van der Waals surface area contributed by atoms with Gasteiger partial charge in [0.05, 0.1) is 5.69 Å². The molecule has 0 unspecified atom stereocenters. The lowest BCUT2D eigenvalue weighted by Gasteiger charge is -1.68. The molecule has 0 saturated carbocycles. The third kappa shape index (κ3) is 0.796. The van der Waals surface area contributed by atoms with E-state index in [4.69, 9.17) is 0 Å². The maximum absolute atomic E-state index is 3.78. The molecule has 0 atom stereocenters. The third-order valence-electron chi connectivity index (χ3n) is 0.759. The first-order chi connectivity index (χ1) is 3.29. The van der Waals surface area contributed by atoms with Crippen molar-refractivity contribution in [2.24, 2.45) is 0 Å². The summed E-state index contributed by atoms with van der Waals surface area (Å²) in [7, 11) is 0. The van der Waals surface area contributed by atoms with Gasteiger partial charge in [-0.1, -0.05) is 0 Å². The minimum absolute atomic E-state index is 0.803. The molecular weight excluding hydrogens is 88.1 g/mol. The molecule has 0 aromatic carbocycles. The number of nitrogens with zero attached hydrogens (tertiary/aromatic N) is 1. The molecule has 1 rings (SSSR count). The monoisotopic (exact) mass is 95.1 g/mol. The molecule has 1 aromatic rings. The molecule has 1 radical (unpaired) electrons. The molecule has 0 amide bonds. The van der Waals surface area contributed by atoms with Gasteiger partial charge in [-0.15, -0.1) is 0 Å². The molecule has 1 heterocycles. The van der Waals surface area contributed by atoms with E-state index in [-0.39, 0.29) is 0 Å². The molecule has 7 heavy (non-hydrogen) atoms. The zero-order chi connectivity index (χ0) is 5.28. The Morgan fingerprint density at radius 1 is 1.86 bits per heavy atom. The molecule has 0 aliphatic heterocycles. The highest BCUT2D eigenvalue weighted by Gasteiger charge is 1.84. The standard InChI is InChI=1S/C5H7N2/c1-4-3-5(2)7-6-4/h3H,1H2,2H3,(H,6,7). The van der Waals surface area contributed by atoms with E-state index >= 15 is 0 Å². The van der Waals surface area contributed by atoms with Crippen molar-refractivity contribution in [3.63, 3.8) is 0 Å². The van der Waals surface area contributed by atoms with Crippen LogP contribution < -0.4 is 0 Å². The van der Waals surface area contributed by atoms with Crippen LogP contribution in [0, 0.1) is 13.8 Å². The first-order valence-electron chi connectivity index (χ1n) is 2.13. The van der Waals surface area contributed by atoms with Crippen LogP contribution in [0.2, 0.25) is 0 Å². The van der Waals surface area contributed by atoms with Gasteiger partial charge in [0.25, 0.3) is 0 Å². The van der Waals surface area contributed by atoms with E-state index in [0.29, 0.717) is 0 Å². The first kappa shape index (κ1) is 4.37. The summed E-state index contributed by atoms with van der Waals surface area (Å²) in [6.45, 7) is 5.55. The summed E-state index contributed by atoms with van der Waals surface area (Å²) in [4.78, 5) is 0. The fraction of sp³-hybridized carbons (Fsp3) is 0.200. The number of aromatic nitrogens is 2. The second-order valence-corrected chi connectivity index (χ2v) is 1.54. The van der Waals surface area contributed by atoms with Crippen molar-refractivity contribution in [1.82, 2.24) is 10.2 Å². The van der Waals surface area contributed by atoms with Crippen LogP contribution in [-0.2, 0) is 0 Å². The van der Waals surface area contributed by atoms with Gasteiger partial charge in [0, 0.05) is 5.69 Å². The minimum atomic E-state index is 0.803. The molecule has 0 aliphatic rings. The van der Waals surface area contributed by atoms with Gasteiger partial charge in [-0.3, -0.25) is 5.10 Å². The SMILES string of the molecule is [CH2]c1cc(C)[nH]n1. The van der Waals surface area contributed by atoms with E-state index in [1.165, 1.54) is 0 Å². The molecule has 0 saturated heterocycles. The molecule has 2 heteroatoms. The molecular formula is C5H7N2. The number of aryl methyl sites for hydroxylation is 1. The number of aromatic amines is 1. The first-order valence-corrected chi connectivity index (χ1v) is 2.13. The third-order valence-corrected chi connectivity index (χ3v) is 0.759. The highest BCUT2D eigenvalue weighted by atomic mass is 15.1. The Labute approximate surface area is 42.6 Å². The Morgan fingerprint density at radius 2 is 2.57 bits per heavy atom. The minimum Gasteiger partial charge on any atom is -0.283 e. The van der Waals surface area contributed by atoms with Crippen LogP contribution in [0.15, 0.2) is 6.07 Å². The van der Waals surface area contributed by atoms with Gasteiger partial charge in [0.1, 0.15) is 0 Å². The largest absolute Gasteiger partial charge is 0.283 e. The summed E-state index contributed by atoms with van der Waals surface area (Å²) in [5.74, 6) is 0. The molecule has 0 spiro atoms. The molecule has 0 bridgehead atoms. The van der Waals surface area contributed by atoms with Crippen molar-refractivity contribution in [3.05, 3.63) is 24.4 Å². The van der Waals surface area contributed by atoms with Crippen molar-refractivity contribution < 1.29 is 0 Å². The zero-order valence-corrected chi connectivity index (χ0v) is 4.23. The van der Waals surface area contributed by atoms with E-state index < -0.39 is 0 Å². The summed E-state index contributed by atoms with van der Waals surface area (Å²) in [6.07, 6.45) is 0. The van der Waals surface area contributed by atoms with Crippen LogP contribution in [0.3, 0.4) is 0 Å². The number of hydrogen-bond acceptors (Lipinski definition) is 1. The van der Waals surface area contributed by atoms with Crippen LogP contribution in [0.5, 0.6) is 0 Å². The van der Waals surface area contributed by atoms with Gasteiger partial charge in [-0.25, -0.2) is 0 Å². The summed E-state index contributed by atoms with van der Waals surface area (Å²) < 4.78 is 0. The molecule has 37 valence electrons. The van der Waals surface area contributed by atoms with Gasteiger partial charge < -0.3 is 0 Å². The van der Waals surface area contributed by atoms with Gasteiger partial charge in [-0.05, 0) is 19.9 Å². The number of nitrogens with one attached hydrogen (secondary N) is 1. The fourth-order valence-electron chi connectivity index (χ4n) is 0.474. The van der Waals surface area contributed by atoms with Crippen molar-refractivity contribution in [1.29, 1.82) is 0 Å². The van der Waals surface area contributed by atoms with Crippen molar-refractivity contribution in [2.45, 2.75) is 6.92 Å². The quantitative estimate of drug-likeness (QED) is 0.509. The van der Waals surface area contributed by atoms with Gasteiger partial charge >= 0.3 is 0 Å². The lowest BCUT2D eigenvalue weighted by Crippen LogP contribution is -1.68. The molecule has 0 aliphatic carbocycles. The van der Waals surface area contributed by atoms with E-state index in [1.807, 2.05) is 13.0 Å². The summed E-state index contributed by atoms with van der Waals surface area (Å²) in [5.41, 5.74) is 1.86. The van der Waals surface area contributed by atoms with Crippen LogP contribution in [0.4, 0.5) is 0 Å². The Morgan fingerprint density at radius 3 is 2.71 bits per heavy atom. The van der Waals surface area contributed by atoms with Crippen LogP contribution in [0.1, 0.15) is 11.4 Å². The second kappa shape index (κ2) is 1.37. The Kier molecular flexibility index (Phi) is 0.855. The Hall–Kier alpha value is -0.790. The summed E-state index contributed by atoms with van der Waals surface area (Å²) in [6, 6.07) is 1.89. The van der Waals surface area contributed by atoms with Crippen LogP contribution in [-0.4, -0.2) is 10.2 Å². The van der Waals surface area contributed by atoms with E-state index in [0.717, 1.165) is 11.4 Å². The Bertz CT molecular complexity index is 138. The van der Waals surface area contributed by atoms with E-state index in [1.54, 1.807) is 0 Å². The van der Waals surface area contributed by atoms with Crippen LogP contribution in [0.25, 0.3) is 0 Å². The number of hydrogen-bond donors (Lipinski definition) is 1.